The van der Waals surface area contributed by atoms with Gasteiger partial charge in [-0.05, 0) is 26.0 Å². The van der Waals surface area contributed by atoms with Gasteiger partial charge in [-0.3, -0.25) is 0 Å². The van der Waals surface area contributed by atoms with Crippen LogP contribution in [-0.4, -0.2) is 13.1 Å². The van der Waals surface area contributed by atoms with Crippen molar-refractivity contribution in [2.24, 2.45) is 0 Å². The molecule has 1 rings (SSSR count). The molecule has 1 aromatic carbocycles. The fraction of sp³-hybridized carbons (Fsp3) is 0.400. The van der Waals surface area contributed by atoms with Gasteiger partial charge in [0.25, 0.3) is 0 Å². The second-order valence-corrected chi connectivity index (χ2v) is 3.81. The molecule has 0 aliphatic heterocycles. The smallest absolute Gasteiger partial charge is 0.0615 e. The number of rotatable bonds is 3. The number of nitrogen functional groups attached to an aromatic ring is 1. The van der Waals surface area contributed by atoms with Gasteiger partial charge in [0.05, 0.1) is 21.4 Å². The highest BCUT2D eigenvalue weighted by atomic mass is 35.5. The predicted octanol–water partition coefficient (Wildman–Crippen LogP) is 3.42. The maximum absolute atomic E-state index is 5.93. The van der Waals surface area contributed by atoms with Crippen molar-refractivity contribution in [1.29, 1.82) is 0 Å². The lowest BCUT2D eigenvalue weighted by Crippen LogP contribution is -2.22. The van der Waals surface area contributed by atoms with E-state index in [9.17, 15) is 0 Å². The van der Waals surface area contributed by atoms with Crippen LogP contribution in [0, 0.1) is 0 Å². The van der Waals surface area contributed by atoms with Crippen molar-refractivity contribution >= 4 is 34.6 Å². The molecule has 0 spiro atoms. The second-order valence-electron chi connectivity index (χ2n) is 3.00. The molecule has 0 unspecified atom stereocenters. The van der Waals surface area contributed by atoms with E-state index in [4.69, 9.17) is 28.9 Å². The average Bonchev–Trinajstić information content (AvgIpc) is 2.15. The fourth-order valence-electron chi connectivity index (χ4n) is 1.39. The van der Waals surface area contributed by atoms with E-state index in [-0.39, 0.29) is 0 Å². The maximum atomic E-state index is 5.93. The van der Waals surface area contributed by atoms with E-state index in [0.29, 0.717) is 15.7 Å². The molecule has 0 aliphatic carbocycles. The summed E-state index contributed by atoms with van der Waals surface area (Å²) in [6.07, 6.45) is 0. The summed E-state index contributed by atoms with van der Waals surface area (Å²) in [5.74, 6) is 0. The van der Waals surface area contributed by atoms with Crippen LogP contribution in [-0.2, 0) is 0 Å². The van der Waals surface area contributed by atoms with Gasteiger partial charge < -0.3 is 10.6 Å². The normalized spacial score (nSPS) is 10.3. The van der Waals surface area contributed by atoms with Crippen LogP contribution >= 0.6 is 23.2 Å². The predicted molar refractivity (Wildman–Crippen MR) is 64.4 cm³/mol. The average molecular weight is 233 g/mol. The van der Waals surface area contributed by atoms with Crippen molar-refractivity contribution in [1.82, 2.24) is 0 Å². The molecule has 4 heteroatoms. The molecule has 2 N–H and O–H groups in total. The molecule has 0 heterocycles. The van der Waals surface area contributed by atoms with Crippen LogP contribution in [0.15, 0.2) is 12.1 Å². The number of halogens is 2. The van der Waals surface area contributed by atoms with Gasteiger partial charge in [-0.2, -0.15) is 0 Å². The lowest BCUT2D eigenvalue weighted by molar-refractivity contribution is 0.868. The summed E-state index contributed by atoms with van der Waals surface area (Å²) < 4.78 is 0. The molecule has 0 aliphatic rings. The van der Waals surface area contributed by atoms with Gasteiger partial charge in [0.2, 0.25) is 0 Å². The summed E-state index contributed by atoms with van der Waals surface area (Å²) in [5, 5.41) is 1.04. The lowest BCUT2D eigenvalue weighted by atomic mass is 10.2. The molecule has 0 saturated heterocycles. The molecule has 0 fully saturated rings. The molecule has 0 atom stereocenters. The monoisotopic (exact) mass is 232 g/mol. The SMILES string of the molecule is CCN(CC)c1cc(Cl)c(Cl)cc1N. The van der Waals surface area contributed by atoms with E-state index in [1.54, 1.807) is 6.07 Å². The highest BCUT2D eigenvalue weighted by Crippen LogP contribution is 2.32. The van der Waals surface area contributed by atoms with Crippen LogP contribution in [0.25, 0.3) is 0 Å². The quantitative estimate of drug-likeness (QED) is 0.810. The van der Waals surface area contributed by atoms with Gasteiger partial charge in [-0.1, -0.05) is 23.2 Å². The first-order chi connectivity index (χ1) is 6.60. The third kappa shape index (κ3) is 2.25. The Morgan fingerprint density at radius 1 is 1.14 bits per heavy atom. The van der Waals surface area contributed by atoms with Gasteiger partial charge in [-0.25, -0.2) is 0 Å². The molecule has 78 valence electrons. The van der Waals surface area contributed by atoms with Crippen LogP contribution in [0.1, 0.15) is 13.8 Å². The maximum Gasteiger partial charge on any atom is 0.0615 e. The zero-order valence-corrected chi connectivity index (χ0v) is 9.86. The third-order valence-electron chi connectivity index (χ3n) is 2.17. The van der Waals surface area contributed by atoms with E-state index >= 15 is 0 Å². The van der Waals surface area contributed by atoms with Crippen LogP contribution < -0.4 is 10.6 Å². The Morgan fingerprint density at radius 3 is 2.14 bits per heavy atom. The standard InChI is InChI=1S/C10H14Cl2N2/c1-3-14(4-2)10-6-8(12)7(11)5-9(10)13/h5-6H,3-4,13H2,1-2H3. The number of anilines is 2. The molecule has 0 aromatic heterocycles. The Bertz CT molecular complexity index is 322. The molecule has 0 saturated carbocycles. The Hall–Kier alpha value is -0.600. The third-order valence-corrected chi connectivity index (χ3v) is 2.90. The van der Waals surface area contributed by atoms with E-state index in [0.717, 1.165) is 18.8 Å². The van der Waals surface area contributed by atoms with E-state index in [1.165, 1.54) is 0 Å². The van der Waals surface area contributed by atoms with Gasteiger partial charge in [-0.15, -0.1) is 0 Å². The minimum Gasteiger partial charge on any atom is -0.397 e. The topological polar surface area (TPSA) is 29.3 Å². The highest BCUT2D eigenvalue weighted by Gasteiger charge is 2.09. The van der Waals surface area contributed by atoms with E-state index < -0.39 is 0 Å². The van der Waals surface area contributed by atoms with Crippen molar-refractivity contribution in [3.05, 3.63) is 22.2 Å². The Balaban J connectivity index is 3.14. The van der Waals surface area contributed by atoms with E-state index in [2.05, 4.69) is 18.7 Å². The molecule has 0 amide bonds. The van der Waals surface area contributed by atoms with Gasteiger partial charge in [0.1, 0.15) is 0 Å². The zero-order chi connectivity index (χ0) is 10.7. The molecular formula is C10H14Cl2N2. The first kappa shape index (κ1) is 11.5. The summed E-state index contributed by atoms with van der Waals surface area (Å²) in [6.45, 7) is 5.95. The molecular weight excluding hydrogens is 219 g/mol. The number of nitrogens with two attached hydrogens (primary N) is 1. The van der Waals surface area contributed by atoms with Crippen molar-refractivity contribution in [3.8, 4) is 0 Å². The molecule has 2 nitrogen and oxygen atoms in total. The van der Waals surface area contributed by atoms with Crippen molar-refractivity contribution in [2.75, 3.05) is 23.7 Å². The Morgan fingerprint density at radius 2 is 1.64 bits per heavy atom. The zero-order valence-electron chi connectivity index (χ0n) is 8.35. The first-order valence-electron chi connectivity index (χ1n) is 4.59. The minimum absolute atomic E-state index is 0.500. The van der Waals surface area contributed by atoms with Crippen molar-refractivity contribution < 1.29 is 0 Å². The van der Waals surface area contributed by atoms with Crippen LogP contribution in [0.3, 0.4) is 0 Å². The summed E-state index contributed by atoms with van der Waals surface area (Å²) in [4.78, 5) is 2.14. The van der Waals surface area contributed by atoms with Crippen LogP contribution in [0.2, 0.25) is 10.0 Å². The van der Waals surface area contributed by atoms with Crippen molar-refractivity contribution in [3.63, 3.8) is 0 Å². The molecule has 0 bridgehead atoms. The molecule has 0 radical (unpaired) electrons. The Labute approximate surface area is 94.6 Å². The van der Waals surface area contributed by atoms with Gasteiger partial charge >= 0.3 is 0 Å². The largest absolute Gasteiger partial charge is 0.397 e. The second kappa shape index (κ2) is 4.76. The number of hydrogen-bond acceptors (Lipinski definition) is 2. The fourth-order valence-corrected chi connectivity index (χ4v) is 1.72. The van der Waals surface area contributed by atoms with Crippen LogP contribution in [0.5, 0.6) is 0 Å². The lowest BCUT2D eigenvalue weighted by Gasteiger charge is -2.23. The van der Waals surface area contributed by atoms with E-state index in [1.807, 2.05) is 6.07 Å². The summed E-state index contributed by atoms with van der Waals surface area (Å²) in [6, 6.07) is 3.50. The minimum atomic E-state index is 0.500. The van der Waals surface area contributed by atoms with Crippen LogP contribution in [0.4, 0.5) is 11.4 Å². The number of nitrogens with zero attached hydrogens (tertiary/aromatic N) is 1. The number of benzene rings is 1. The summed E-state index contributed by atoms with van der Waals surface area (Å²) >= 11 is 11.8. The molecule has 1 aromatic rings. The Kier molecular flexibility index (Phi) is 3.90. The van der Waals surface area contributed by atoms with Gasteiger partial charge in [0, 0.05) is 13.1 Å². The summed E-state index contributed by atoms with van der Waals surface area (Å²) in [7, 11) is 0. The van der Waals surface area contributed by atoms with Gasteiger partial charge in [0.15, 0.2) is 0 Å². The first-order valence-corrected chi connectivity index (χ1v) is 5.35. The highest BCUT2D eigenvalue weighted by molar-refractivity contribution is 6.42. The number of hydrogen-bond donors (Lipinski definition) is 1. The molecule has 14 heavy (non-hydrogen) atoms. The van der Waals surface area contributed by atoms with Crippen molar-refractivity contribution in [2.45, 2.75) is 13.8 Å². The summed E-state index contributed by atoms with van der Waals surface area (Å²) in [5.41, 5.74) is 7.48.